The number of rotatable bonds is 5. The Morgan fingerprint density at radius 1 is 1.67 bits per heavy atom. The van der Waals surface area contributed by atoms with Crippen LogP contribution in [0.25, 0.3) is 0 Å². The summed E-state index contributed by atoms with van der Waals surface area (Å²) in [6.07, 6.45) is 3.29. The Morgan fingerprint density at radius 2 is 2.33 bits per heavy atom. The molecular weight excluding hydrogens is 188 g/mol. The summed E-state index contributed by atoms with van der Waals surface area (Å²) in [6.45, 7) is 4.45. The maximum Gasteiger partial charge on any atom is 0.0920 e. The lowest BCUT2D eigenvalue weighted by Gasteiger charge is -2.30. The van der Waals surface area contributed by atoms with Gasteiger partial charge >= 0.3 is 0 Å². The highest BCUT2D eigenvalue weighted by Crippen LogP contribution is 2.16. The van der Waals surface area contributed by atoms with Crippen LogP contribution in [0.2, 0.25) is 0 Å². The molecule has 88 valence electrons. The Hall–Kier alpha value is -0.610. The number of nitrogens with two attached hydrogens (primary N) is 1. The smallest absolute Gasteiger partial charge is 0.0920 e. The molecule has 0 amide bonds. The second-order valence-electron chi connectivity index (χ2n) is 4.79. The van der Waals surface area contributed by atoms with Gasteiger partial charge in [-0.05, 0) is 40.4 Å². The lowest BCUT2D eigenvalue weighted by atomic mass is 10.1. The molecule has 1 heterocycles. The van der Waals surface area contributed by atoms with Gasteiger partial charge in [-0.2, -0.15) is 0 Å². The third kappa shape index (κ3) is 3.80. The zero-order valence-corrected chi connectivity index (χ0v) is 10.2. The predicted molar refractivity (Wildman–Crippen MR) is 64.3 cm³/mol. The molecule has 1 aliphatic heterocycles. The molecule has 1 fully saturated rings. The zero-order valence-electron chi connectivity index (χ0n) is 10.2. The molecule has 0 bridgehead atoms. The van der Waals surface area contributed by atoms with Gasteiger partial charge in [-0.3, -0.25) is 5.41 Å². The van der Waals surface area contributed by atoms with Crippen LogP contribution in [0, 0.1) is 5.41 Å². The number of likely N-dealkylation sites (N-methyl/N-ethyl adjacent to an activating group) is 2. The van der Waals surface area contributed by atoms with E-state index in [2.05, 4.69) is 30.8 Å². The van der Waals surface area contributed by atoms with E-state index in [0.29, 0.717) is 18.5 Å². The second-order valence-corrected chi connectivity index (χ2v) is 4.79. The summed E-state index contributed by atoms with van der Waals surface area (Å²) in [4.78, 5) is 4.74. The molecule has 1 rings (SSSR count). The van der Waals surface area contributed by atoms with Crippen LogP contribution >= 0.6 is 0 Å². The topological polar surface area (TPSA) is 56.4 Å². The summed E-state index contributed by atoms with van der Waals surface area (Å²) < 4.78 is 0. The summed E-state index contributed by atoms with van der Waals surface area (Å²) in [7, 11) is 4.32. The monoisotopic (exact) mass is 212 g/mol. The van der Waals surface area contributed by atoms with Crippen molar-refractivity contribution < 1.29 is 0 Å². The van der Waals surface area contributed by atoms with E-state index in [1.807, 2.05) is 0 Å². The Bertz CT molecular complexity index is 217. The van der Waals surface area contributed by atoms with E-state index in [4.69, 9.17) is 11.1 Å². The number of nitrogens with one attached hydrogen (secondary N) is 1. The van der Waals surface area contributed by atoms with Crippen molar-refractivity contribution in [2.75, 3.05) is 27.2 Å². The maximum atomic E-state index is 7.28. The molecule has 1 aliphatic rings. The summed E-state index contributed by atoms with van der Waals surface area (Å²) >= 11 is 0. The van der Waals surface area contributed by atoms with Crippen LogP contribution in [0.3, 0.4) is 0 Å². The van der Waals surface area contributed by atoms with Gasteiger partial charge in [0.15, 0.2) is 0 Å². The van der Waals surface area contributed by atoms with Crippen LogP contribution in [0.15, 0.2) is 0 Å². The lowest BCUT2D eigenvalue weighted by Crippen LogP contribution is -2.41. The first-order valence-electron chi connectivity index (χ1n) is 5.74. The van der Waals surface area contributed by atoms with Crippen molar-refractivity contribution in [2.24, 2.45) is 5.73 Å². The van der Waals surface area contributed by atoms with Gasteiger partial charge in [-0.25, -0.2) is 0 Å². The van der Waals surface area contributed by atoms with Crippen LogP contribution in [0.5, 0.6) is 0 Å². The minimum atomic E-state index is 0.286. The molecule has 3 N–H and O–H groups in total. The third-order valence-electron chi connectivity index (χ3n) is 3.44. The average Bonchev–Trinajstić information content (AvgIpc) is 2.50. The SMILES string of the molecule is CC(CC(=N)N)N(C)CC1CCCN1C. The van der Waals surface area contributed by atoms with E-state index < -0.39 is 0 Å². The van der Waals surface area contributed by atoms with Crippen molar-refractivity contribution >= 4 is 5.84 Å². The summed E-state index contributed by atoms with van der Waals surface area (Å²) in [5.41, 5.74) is 5.41. The Balaban J connectivity index is 2.33. The molecule has 0 aromatic heterocycles. The fraction of sp³-hybridized carbons (Fsp3) is 0.909. The first-order valence-corrected chi connectivity index (χ1v) is 5.74. The molecule has 1 saturated heterocycles. The van der Waals surface area contributed by atoms with Crippen LogP contribution in [-0.4, -0.2) is 54.9 Å². The van der Waals surface area contributed by atoms with E-state index in [1.165, 1.54) is 19.4 Å². The van der Waals surface area contributed by atoms with Crippen molar-refractivity contribution in [2.45, 2.75) is 38.3 Å². The minimum absolute atomic E-state index is 0.286. The van der Waals surface area contributed by atoms with Crippen molar-refractivity contribution in [1.29, 1.82) is 5.41 Å². The van der Waals surface area contributed by atoms with Crippen molar-refractivity contribution in [3.05, 3.63) is 0 Å². The number of hydrogen-bond acceptors (Lipinski definition) is 3. The van der Waals surface area contributed by atoms with Crippen LogP contribution in [-0.2, 0) is 0 Å². The van der Waals surface area contributed by atoms with Crippen molar-refractivity contribution in [3.8, 4) is 0 Å². The maximum absolute atomic E-state index is 7.28. The quantitative estimate of drug-likeness (QED) is 0.522. The summed E-state index contributed by atoms with van der Waals surface area (Å²) in [5, 5.41) is 7.28. The second kappa shape index (κ2) is 5.47. The number of likely N-dealkylation sites (tertiary alicyclic amines) is 1. The Kier molecular flexibility index (Phi) is 4.54. The van der Waals surface area contributed by atoms with E-state index in [9.17, 15) is 0 Å². The van der Waals surface area contributed by atoms with Crippen molar-refractivity contribution in [3.63, 3.8) is 0 Å². The highest BCUT2D eigenvalue weighted by molar-refractivity contribution is 5.77. The molecule has 0 radical (unpaired) electrons. The van der Waals surface area contributed by atoms with Crippen LogP contribution in [0.4, 0.5) is 0 Å². The van der Waals surface area contributed by atoms with Crippen molar-refractivity contribution in [1.82, 2.24) is 9.80 Å². The van der Waals surface area contributed by atoms with E-state index in [0.717, 1.165) is 6.54 Å². The predicted octanol–water partition coefficient (Wildman–Crippen LogP) is 0.727. The number of hydrogen-bond donors (Lipinski definition) is 2. The van der Waals surface area contributed by atoms with Crippen LogP contribution in [0.1, 0.15) is 26.2 Å². The fourth-order valence-electron chi connectivity index (χ4n) is 2.20. The highest BCUT2D eigenvalue weighted by Gasteiger charge is 2.23. The molecule has 0 aromatic carbocycles. The molecule has 4 heteroatoms. The first-order chi connectivity index (χ1) is 7.00. The van der Waals surface area contributed by atoms with E-state index >= 15 is 0 Å². The minimum Gasteiger partial charge on any atom is -0.388 e. The fourth-order valence-corrected chi connectivity index (χ4v) is 2.20. The Labute approximate surface area is 92.9 Å². The highest BCUT2D eigenvalue weighted by atomic mass is 15.2. The molecule has 15 heavy (non-hydrogen) atoms. The average molecular weight is 212 g/mol. The van der Waals surface area contributed by atoms with Gasteiger partial charge < -0.3 is 15.5 Å². The number of amidine groups is 1. The zero-order chi connectivity index (χ0) is 11.4. The molecule has 0 aliphatic carbocycles. The summed E-state index contributed by atoms with van der Waals surface area (Å²) in [5.74, 6) is 0.286. The van der Waals surface area contributed by atoms with Gasteiger partial charge in [-0.15, -0.1) is 0 Å². The van der Waals surface area contributed by atoms with Gasteiger partial charge in [0, 0.05) is 25.0 Å². The third-order valence-corrected chi connectivity index (χ3v) is 3.44. The van der Waals surface area contributed by atoms with E-state index in [1.54, 1.807) is 0 Å². The molecule has 0 aromatic rings. The molecule has 0 saturated carbocycles. The van der Waals surface area contributed by atoms with Gasteiger partial charge in [0.05, 0.1) is 5.84 Å². The summed E-state index contributed by atoms with van der Waals surface area (Å²) in [6, 6.07) is 1.06. The van der Waals surface area contributed by atoms with Gasteiger partial charge in [-0.1, -0.05) is 0 Å². The lowest BCUT2D eigenvalue weighted by molar-refractivity contribution is 0.187. The molecule has 0 spiro atoms. The van der Waals surface area contributed by atoms with E-state index in [-0.39, 0.29) is 5.84 Å². The standard InChI is InChI=1S/C11H24N4/c1-9(7-11(12)13)15(3)8-10-5-4-6-14(10)2/h9-10H,4-8H2,1-3H3,(H3,12,13). The van der Waals surface area contributed by atoms with Gasteiger partial charge in [0.25, 0.3) is 0 Å². The molecule has 4 nitrogen and oxygen atoms in total. The molecule has 2 atom stereocenters. The Morgan fingerprint density at radius 3 is 2.80 bits per heavy atom. The van der Waals surface area contributed by atoms with Gasteiger partial charge in [0.2, 0.25) is 0 Å². The van der Waals surface area contributed by atoms with Gasteiger partial charge in [0.1, 0.15) is 0 Å². The molecule has 2 unspecified atom stereocenters. The largest absolute Gasteiger partial charge is 0.388 e. The first kappa shape index (κ1) is 12.5. The van der Waals surface area contributed by atoms with Crippen LogP contribution < -0.4 is 5.73 Å². The molecular formula is C11H24N4. The number of nitrogens with zero attached hydrogens (tertiary/aromatic N) is 2. The normalized spacial score (nSPS) is 24.7.